The molecule has 1 amide bonds. The lowest BCUT2D eigenvalue weighted by atomic mass is 10.1. The molecule has 1 heterocycles. The van der Waals surface area contributed by atoms with Gasteiger partial charge in [-0.1, -0.05) is 12.1 Å². The van der Waals surface area contributed by atoms with Crippen LogP contribution in [-0.4, -0.2) is 41.4 Å². The molecule has 1 atom stereocenters. The number of benzene rings is 1. The fraction of sp³-hybridized carbons (Fsp3) is 0.500. The predicted molar refractivity (Wildman–Crippen MR) is 93.4 cm³/mol. The van der Waals surface area contributed by atoms with E-state index in [1.807, 2.05) is 45.0 Å². The molecule has 1 aromatic rings. The topological polar surface area (TPSA) is 76.8 Å². The van der Waals surface area contributed by atoms with Crippen LogP contribution in [0.5, 0.6) is 0 Å². The number of rotatable bonds is 2. The van der Waals surface area contributed by atoms with Crippen molar-refractivity contribution in [3.05, 3.63) is 29.8 Å². The zero-order valence-electron chi connectivity index (χ0n) is 13.7. The summed E-state index contributed by atoms with van der Waals surface area (Å²) in [6.07, 6.45) is -0.479. The van der Waals surface area contributed by atoms with Crippen LogP contribution in [0.15, 0.2) is 24.3 Å². The maximum atomic E-state index is 12.2. The van der Waals surface area contributed by atoms with Crippen LogP contribution in [-0.2, 0) is 9.47 Å². The van der Waals surface area contributed by atoms with Crippen LogP contribution < -0.4 is 11.1 Å². The predicted octanol–water partition coefficient (Wildman–Crippen LogP) is 2.65. The molecule has 2 rings (SSSR count). The van der Waals surface area contributed by atoms with Gasteiger partial charge in [0.25, 0.3) is 0 Å². The quantitative estimate of drug-likeness (QED) is 0.808. The second-order valence-corrected chi connectivity index (χ2v) is 6.84. The van der Waals surface area contributed by atoms with E-state index >= 15 is 0 Å². The van der Waals surface area contributed by atoms with E-state index in [1.54, 1.807) is 4.90 Å². The van der Waals surface area contributed by atoms with E-state index in [1.165, 1.54) is 0 Å². The summed E-state index contributed by atoms with van der Waals surface area (Å²) in [4.78, 5) is 13.9. The van der Waals surface area contributed by atoms with Crippen molar-refractivity contribution in [2.75, 3.05) is 25.0 Å². The number of amides is 1. The van der Waals surface area contributed by atoms with Gasteiger partial charge in [0, 0.05) is 12.2 Å². The standard InChI is InChI=1S/C16H23N3O3S/c1-16(2,3)22-15(20)19-8-9-21-13(10-19)11-4-6-12(7-5-11)18-14(17)23/h4-7,13H,8-10H2,1-3H3,(H3,17,18,23). The van der Waals surface area contributed by atoms with Crippen LogP contribution in [0.25, 0.3) is 0 Å². The lowest BCUT2D eigenvalue weighted by Crippen LogP contribution is -2.44. The number of thiocarbonyl (C=S) groups is 1. The lowest BCUT2D eigenvalue weighted by Gasteiger charge is -2.34. The number of nitrogens with one attached hydrogen (secondary N) is 1. The highest BCUT2D eigenvalue weighted by Crippen LogP contribution is 2.24. The molecule has 0 spiro atoms. The fourth-order valence-electron chi connectivity index (χ4n) is 2.27. The first kappa shape index (κ1) is 17.5. The minimum absolute atomic E-state index is 0.171. The van der Waals surface area contributed by atoms with E-state index in [-0.39, 0.29) is 17.3 Å². The summed E-state index contributed by atoms with van der Waals surface area (Å²) >= 11 is 4.81. The van der Waals surface area contributed by atoms with Gasteiger partial charge in [-0.2, -0.15) is 0 Å². The van der Waals surface area contributed by atoms with Crippen molar-refractivity contribution < 1.29 is 14.3 Å². The largest absolute Gasteiger partial charge is 0.444 e. The first-order valence-electron chi connectivity index (χ1n) is 7.50. The van der Waals surface area contributed by atoms with E-state index in [4.69, 9.17) is 27.4 Å². The Morgan fingerprint density at radius 1 is 1.39 bits per heavy atom. The van der Waals surface area contributed by atoms with Gasteiger partial charge in [0.1, 0.15) is 11.7 Å². The highest BCUT2D eigenvalue weighted by atomic mass is 32.1. The molecule has 0 aliphatic carbocycles. The zero-order chi connectivity index (χ0) is 17.0. The molecule has 0 aromatic heterocycles. The van der Waals surface area contributed by atoms with Gasteiger partial charge in [0.05, 0.1) is 13.2 Å². The second kappa shape index (κ2) is 7.14. The highest BCUT2D eigenvalue weighted by molar-refractivity contribution is 7.80. The Kier molecular flexibility index (Phi) is 5.43. The van der Waals surface area contributed by atoms with Crippen molar-refractivity contribution in [1.82, 2.24) is 4.90 Å². The first-order chi connectivity index (χ1) is 10.7. The number of morpholine rings is 1. The second-order valence-electron chi connectivity index (χ2n) is 6.40. The maximum Gasteiger partial charge on any atom is 0.410 e. The molecule has 3 N–H and O–H groups in total. The molecule has 6 nitrogen and oxygen atoms in total. The van der Waals surface area contributed by atoms with Gasteiger partial charge in [-0.15, -0.1) is 0 Å². The molecule has 1 aromatic carbocycles. The summed E-state index contributed by atoms with van der Waals surface area (Å²) in [6.45, 7) is 7.06. The Bertz CT molecular complexity index is 569. The number of nitrogens with two attached hydrogens (primary N) is 1. The molecule has 126 valence electrons. The van der Waals surface area contributed by atoms with E-state index in [2.05, 4.69) is 5.32 Å². The number of carbonyl (C=O) groups excluding carboxylic acids is 1. The number of anilines is 1. The number of ether oxygens (including phenoxy) is 2. The minimum atomic E-state index is -0.501. The van der Waals surface area contributed by atoms with E-state index in [9.17, 15) is 4.79 Å². The summed E-state index contributed by atoms with van der Waals surface area (Å²) in [6, 6.07) is 7.63. The van der Waals surface area contributed by atoms with Gasteiger partial charge in [-0.3, -0.25) is 0 Å². The average Bonchev–Trinajstić information content (AvgIpc) is 2.46. The zero-order valence-corrected chi connectivity index (χ0v) is 14.5. The normalized spacial score (nSPS) is 18.4. The van der Waals surface area contributed by atoms with Crippen molar-refractivity contribution in [3.8, 4) is 0 Å². The van der Waals surface area contributed by atoms with Crippen LogP contribution in [0.1, 0.15) is 32.4 Å². The highest BCUT2D eigenvalue weighted by Gasteiger charge is 2.28. The molecule has 0 bridgehead atoms. The van der Waals surface area contributed by atoms with Crippen molar-refractivity contribution in [2.24, 2.45) is 5.73 Å². The van der Waals surface area contributed by atoms with Gasteiger partial charge < -0.3 is 25.4 Å². The Labute approximate surface area is 141 Å². The molecule has 0 radical (unpaired) electrons. The first-order valence-corrected chi connectivity index (χ1v) is 7.91. The Morgan fingerprint density at radius 2 is 2.04 bits per heavy atom. The van der Waals surface area contributed by atoms with E-state index in [0.717, 1.165) is 11.3 Å². The number of carbonyl (C=O) groups is 1. The van der Waals surface area contributed by atoms with Crippen LogP contribution in [0.3, 0.4) is 0 Å². The Balaban J connectivity index is 2.00. The third kappa shape index (κ3) is 5.37. The molecule has 7 heteroatoms. The van der Waals surface area contributed by atoms with Gasteiger partial charge in [0.15, 0.2) is 5.11 Å². The summed E-state index contributed by atoms with van der Waals surface area (Å²) < 4.78 is 11.2. The number of hydrogen-bond donors (Lipinski definition) is 2. The summed E-state index contributed by atoms with van der Waals surface area (Å²) in [5.41, 5.74) is 6.76. The smallest absolute Gasteiger partial charge is 0.410 e. The van der Waals surface area contributed by atoms with Crippen LogP contribution in [0, 0.1) is 0 Å². The Morgan fingerprint density at radius 3 is 2.61 bits per heavy atom. The van der Waals surface area contributed by atoms with Gasteiger partial charge in [0.2, 0.25) is 0 Å². The van der Waals surface area contributed by atoms with E-state index in [0.29, 0.717) is 19.7 Å². The van der Waals surface area contributed by atoms with Gasteiger partial charge in [-0.25, -0.2) is 4.79 Å². The monoisotopic (exact) mass is 337 g/mol. The van der Waals surface area contributed by atoms with E-state index < -0.39 is 5.60 Å². The summed E-state index contributed by atoms with van der Waals surface area (Å²) in [5.74, 6) is 0. The summed E-state index contributed by atoms with van der Waals surface area (Å²) in [7, 11) is 0. The van der Waals surface area contributed by atoms with Crippen LogP contribution in [0.4, 0.5) is 10.5 Å². The minimum Gasteiger partial charge on any atom is -0.444 e. The van der Waals surface area contributed by atoms with Gasteiger partial charge in [-0.05, 0) is 50.7 Å². The van der Waals surface area contributed by atoms with Crippen LogP contribution in [0.2, 0.25) is 0 Å². The van der Waals surface area contributed by atoms with Crippen molar-refractivity contribution in [1.29, 1.82) is 0 Å². The van der Waals surface area contributed by atoms with Crippen molar-refractivity contribution >= 4 is 29.1 Å². The number of nitrogens with zero attached hydrogens (tertiary/aromatic N) is 1. The molecule has 1 aliphatic heterocycles. The molecule has 1 unspecified atom stereocenters. The summed E-state index contributed by atoms with van der Waals surface area (Å²) in [5, 5.41) is 3.10. The SMILES string of the molecule is CC(C)(C)OC(=O)N1CCOC(c2ccc(NC(N)=S)cc2)C1. The molecule has 1 aliphatic rings. The molecule has 0 saturated carbocycles. The molecular formula is C16H23N3O3S. The fourth-order valence-corrected chi connectivity index (χ4v) is 2.38. The molecule has 23 heavy (non-hydrogen) atoms. The van der Waals surface area contributed by atoms with Crippen molar-refractivity contribution in [2.45, 2.75) is 32.5 Å². The average molecular weight is 337 g/mol. The lowest BCUT2D eigenvalue weighted by molar-refractivity contribution is -0.0432. The third-order valence-electron chi connectivity index (χ3n) is 3.27. The van der Waals surface area contributed by atoms with Gasteiger partial charge >= 0.3 is 6.09 Å². The van der Waals surface area contributed by atoms with Crippen LogP contribution >= 0.6 is 12.2 Å². The Hall–Kier alpha value is -1.86. The molecule has 1 fully saturated rings. The number of hydrogen-bond acceptors (Lipinski definition) is 4. The van der Waals surface area contributed by atoms with Crippen molar-refractivity contribution in [3.63, 3.8) is 0 Å². The third-order valence-corrected chi connectivity index (χ3v) is 3.37. The molecular weight excluding hydrogens is 314 g/mol. The maximum absolute atomic E-state index is 12.2. The molecule has 1 saturated heterocycles.